The van der Waals surface area contributed by atoms with Crippen LogP contribution >= 0.6 is 11.3 Å². The Labute approximate surface area is 95.2 Å². The van der Waals surface area contributed by atoms with E-state index in [4.69, 9.17) is 4.98 Å². The molecule has 0 saturated heterocycles. The topological polar surface area (TPSA) is 12.9 Å². The molecule has 0 aliphatic rings. The quantitative estimate of drug-likeness (QED) is 0.760. The van der Waals surface area contributed by atoms with Crippen molar-refractivity contribution in [2.24, 2.45) is 0 Å². The standard InChI is InChI=1S/C13H17NS/c1-4-9-7-8-10(5-2)13-12(9)14-11(6-3)15-13/h7-8H,4-6H2,1-3H3. The van der Waals surface area contributed by atoms with E-state index in [9.17, 15) is 0 Å². The zero-order chi connectivity index (χ0) is 10.8. The monoisotopic (exact) mass is 219 g/mol. The van der Waals surface area contributed by atoms with Gasteiger partial charge in [-0.3, -0.25) is 0 Å². The summed E-state index contributed by atoms with van der Waals surface area (Å²) in [5.41, 5.74) is 4.08. The Kier molecular flexibility index (Phi) is 3.06. The molecule has 0 saturated carbocycles. The zero-order valence-corrected chi connectivity index (χ0v) is 10.4. The maximum Gasteiger partial charge on any atom is 0.0936 e. The molecule has 0 aliphatic carbocycles. The van der Waals surface area contributed by atoms with Gasteiger partial charge in [0, 0.05) is 0 Å². The minimum atomic E-state index is 1.05. The van der Waals surface area contributed by atoms with Crippen molar-refractivity contribution in [2.75, 3.05) is 0 Å². The average molecular weight is 219 g/mol. The maximum atomic E-state index is 4.73. The second kappa shape index (κ2) is 4.31. The Morgan fingerprint density at radius 2 is 1.67 bits per heavy atom. The van der Waals surface area contributed by atoms with Gasteiger partial charge in [-0.2, -0.15) is 0 Å². The van der Waals surface area contributed by atoms with Crippen LogP contribution in [-0.4, -0.2) is 4.98 Å². The van der Waals surface area contributed by atoms with Crippen molar-refractivity contribution < 1.29 is 0 Å². The van der Waals surface area contributed by atoms with E-state index >= 15 is 0 Å². The molecule has 15 heavy (non-hydrogen) atoms. The molecule has 0 radical (unpaired) electrons. The van der Waals surface area contributed by atoms with Crippen LogP contribution < -0.4 is 0 Å². The van der Waals surface area contributed by atoms with E-state index in [2.05, 4.69) is 32.9 Å². The van der Waals surface area contributed by atoms with Gasteiger partial charge >= 0.3 is 0 Å². The van der Waals surface area contributed by atoms with Crippen LogP contribution in [0.25, 0.3) is 10.2 Å². The van der Waals surface area contributed by atoms with Crippen LogP contribution in [0.15, 0.2) is 12.1 Å². The number of rotatable bonds is 3. The summed E-state index contributed by atoms with van der Waals surface area (Å²) in [6.07, 6.45) is 3.23. The first-order chi connectivity index (χ1) is 7.30. The lowest BCUT2D eigenvalue weighted by Crippen LogP contribution is -1.87. The van der Waals surface area contributed by atoms with Gasteiger partial charge in [-0.1, -0.05) is 32.9 Å². The number of benzene rings is 1. The van der Waals surface area contributed by atoms with Crippen molar-refractivity contribution >= 4 is 21.6 Å². The molecule has 2 heteroatoms. The summed E-state index contributed by atoms with van der Waals surface area (Å²) >= 11 is 1.87. The van der Waals surface area contributed by atoms with E-state index in [1.165, 1.54) is 26.4 Å². The SMILES string of the molecule is CCc1nc2c(CC)ccc(CC)c2s1. The van der Waals surface area contributed by atoms with Crippen LogP contribution in [-0.2, 0) is 19.3 Å². The second-order valence-corrected chi connectivity index (χ2v) is 4.81. The van der Waals surface area contributed by atoms with Gasteiger partial charge in [0.15, 0.2) is 0 Å². The fourth-order valence-corrected chi connectivity index (χ4v) is 3.00. The number of thiazole rings is 1. The molecule has 0 amide bonds. The average Bonchev–Trinajstić information content (AvgIpc) is 2.71. The molecule has 0 bridgehead atoms. The number of hydrogen-bond acceptors (Lipinski definition) is 2. The number of hydrogen-bond donors (Lipinski definition) is 0. The molecule has 2 aromatic rings. The molecular formula is C13H17NS. The smallest absolute Gasteiger partial charge is 0.0936 e. The third-order valence-electron chi connectivity index (χ3n) is 2.82. The molecule has 0 unspecified atom stereocenters. The largest absolute Gasteiger partial charge is 0.241 e. The van der Waals surface area contributed by atoms with E-state index in [-0.39, 0.29) is 0 Å². The zero-order valence-electron chi connectivity index (χ0n) is 9.63. The first-order valence-corrected chi connectivity index (χ1v) is 6.51. The Bertz CT molecular complexity index is 430. The molecule has 1 nitrogen and oxygen atoms in total. The molecule has 1 aromatic heterocycles. The minimum Gasteiger partial charge on any atom is -0.241 e. The Morgan fingerprint density at radius 1 is 1.00 bits per heavy atom. The fraction of sp³-hybridized carbons (Fsp3) is 0.462. The van der Waals surface area contributed by atoms with Crippen molar-refractivity contribution in [1.82, 2.24) is 4.98 Å². The third-order valence-corrected chi connectivity index (χ3v) is 4.09. The van der Waals surface area contributed by atoms with Gasteiger partial charge in [0.1, 0.15) is 0 Å². The van der Waals surface area contributed by atoms with E-state index < -0.39 is 0 Å². The summed E-state index contributed by atoms with van der Waals surface area (Å²) in [6.45, 7) is 6.59. The van der Waals surface area contributed by atoms with Crippen molar-refractivity contribution in [3.8, 4) is 0 Å². The van der Waals surface area contributed by atoms with E-state index in [0.717, 1.165) is 19.3 Å². The summed E-state index contributed by atoms with van der Waals surface area (Å²) in [5, 5.41) is 1.26. The van der Waals surface area contributed by atoms with Gasteiger partial charge in [0.2, 0.25) is 0 Å². The van der Waals surface area contributed by atoms with Gasteiger partial charge < -0.3 is 0 Å². The van der Waals surface area contributed by atoms with Crippen molar-refractivity contribution in [1.29, 1.82) is 0 Å². The first kappa shape index (κ1) is 10.6. The number of fused-ring (bicyclic) bond motifs is 1. The van der Waals surface area contributed by atoms with Gasteiger partial charge in [-0.05, 0) is 30.4 Å². The summed E-state index contributed by atoms with van der Waals surface area (Å²) in [5.74, 6) is 0. The fourth-order valence-electron chi connectivity index (χ4n) is 1.87. The van der Waals surface area contributed by atoms with E-state index in [0.29, 0.717) is 0 Å². The van der Waals surface area contributed by atoms with E-state index in [1.807, 2.05) is 11.3 Å². The van der Waals surface area contributed by atoms with Gasteiger partial charge in [0.05, 0.1) is 15.2 Å². The summed E-state index contributed by atoms with van der Waals surface area (Å²) < 4.78 is 1.41. The first-order valence-electron chi connectivity index (χ1n) is 5.70. The molecule has 0 fully saturated rings. The van der Waals surface area contributed by atoms with E-state index in [1.54, 1.807) is 0 Å². The van der Waals surface area contributed by atoms with Gasteiger partial charge in [0.25, 0.3) is 0 Å². The summed E-state index contributed by atoms with van der Waals surface area (Å²) in [6, 6.07) is 4.50. The predicted octanol–water partition coefficient (Wildman–Crippen LogP) is 3.98. The lowest BCUT2D eigenvalue weighted by atomic mass is 10.1. The lowest BCUT2D eigenvalue weighted by Gasteiger charge is -2.02. The highest BCUT2D eigenvalue weighted by Crippen LogP contribution is 2.29. The molecule has 0 spiro atoms. The number of aromatic nitrogens is 1. The Morgan fingerprint density at radius 3 is 2.27 bits per heavy atom. The predicted molar refractivity (Wildman–Crippen MR) is 67.8 cm³/mol. The molecular weight excluding hydrogens is 202 g/mol. The second-order valence-electron chi connectivity index (χ2n) is 3.73. The minimum absolute atomic E-state index is 1.05. The third kappa shape index (κ3) is 1.78. The highest BCUT2D eigenvalue weighted by Gasteiger charge is 2.09. The molecule has 0 N–H and O–H groups in total. The molecule has 0 aliphatic heterocycles. The molecule has 1 aromatic carbocycles. The molecule has 80 valence electrons. The Balaban J connectivity index is 2.71. The highest BCUT2D eigenvalue weighted by molar-refractivity contribution is 7.18. The van der Waals surface area contributed by atoms with Crippen LogP contribution in [0.2, 0.25) is 0 Å². The molecule has 0 atom stereocenters. The molecule has 1 heterocycles. The highest BCUT2D eigenvalue weighted by atomic mass is 32.1. The van der Waals surface area contributed by atoms with Gasteiger partial charge in [-0.15, -0.1) is 11.3 Å². The normalized spacial score (nSPS) is 11.1. The number of aryl methyl sites for hydroxylation is 3. The van der Waals surface area contributed by atoms with Gasteiger partial charge in [-0.25, -0.2) is 4.98 Å². The lowest BCUT2D eigenvalue weighted by molar-refractivity contribution is 1.09. The number of nitrogens with zero attached hydrogens (tertiary/aromatic N) is 1. The van der Waals surface area contributed by atoms with Crippen molar-refractivity contribution in [3.63, 3.8) is 0 Å². The Hall–Kier alpha value is -0.890. The van der Waals surface area contributed by atoms with Crippen LogP contribution in [0.4, 0.5) is 0 Å². The summed E-state index contributed by atoms with van der Waals surface area (Å²) in [7, 11) is 0. The van der Waals surface area contributed by atoms with Crippen LogP contribution in [0.1, 0.15) is 36.9 Å². The molecule has 2 rings (SSSR count). The van der Waals surface area contributed by atoms with Crippen molar-refractivity contribution in [3.05, 3.63) is 28.3 Å². The summed E-state index contributed by atoms with van der Waals surface area (Å²) in [4.78, 5) is 4.73. The van der Waals surface area contributed by atoms with Crippen LogP contribution in [0.5, 0.6) is 0 Å². The van der Waals surface area contributed by atoms with Crippen molar-refractivity contribution in [2.45, 2.75) is 40.0 Å². The maximum absolute atomic E-state index is 4.73. The van der Waals surface area contributed by atoms with Crippen LogP contribution in [0.3, 0.4) is 0 Å². The van der Waals surface area contributed by atoms with Crippen LogP contribution in [0, 0.1) is 0 Å².